The quantitative estimate of drug-likeness (QED) is 0.660. The molecule has 0 radical (unpaired) electrons. The summed E-state index contributed by atoms with van der Waals surface area (Å²) in [6.07, 6.45) is 0. The molecule has 4 nitrogen and oxygen atoms in total. The monoisotopic (exact) mass is 425 g/mol. The summed E-state index contributed by atoms with van der Waals surface area (Å²) in [4.78, 5) is 14.0. The van der Waals surface area contributed by atoms with E-state index in [9.17, 15) is 4.79 Å². The van der Waals surface area contributed by atoms with Gasteiger partial charge >= 0.3 is 0 Å². The van der Waals surface area contributed by atoms with E-state index in [4.69, 9.17) is 9.47 Å². The van der Waals surface area contributed by atoms with Gasteiger partial charge in [-0.1, -0.05) is 12.1 Å². The molecule has 0 aliphatic rings. The molecule has 1 amide bonds. The maximum atomic E-state index is 12.3. The third-order valence-corrected chi connectivity index (χ3v) is 4.47. The van der Waals surface area contributed by atoms with Crippen LogP contribution in [0.25, 0.3) is 0 Å². The molecule has 2 aromatic rings. The summed E-state index contributed by atoms with van der Waals surface area (Å²) >= 11 is 2.23. The summed E-state index contributed by atoms with van der Waals surface area (Å²) < 4.78 is 11.8. The first-order chi connectivity index (χ1) is 11.0. The Labute approximate surface area is 150 Å². The van der Waals surface area contributed by atoms with E-state index in [0.717, 1.165) is 14.9 Å². The van der Waals surface area contributed by atoms with Crippen molar-refractivity contribution in [3.05, 3.63) is 57.7 Å². The fourth-order valence-electron chi connectivity index (χ4n) is 2.10. The van der Waals surface area contributed by atoms with Crippen LogP contribution < -0.4 is 9.47 Å². The Morgan fingerprint density at radius 3 is 2.22 bits per heavy atom. The minimum absolute atomic E-state index is 0.0254. The number of methoxy groups -OCH3 is 1. The number of carbonyl (C=O) groups is 1. The van der Waals surface area contributed by atoms with Crippen molar-refractivity contribution in [2.75, 3.05) is 20.8 Å². The highest BCUT2D eigenvalue weighted by molar-refractivity contribution is 14.1. The Morgan fingerprint density at radius 2 is 1.65 bits per heavy atom. The van der Waals surface area contributed by atoms with Gasteiger partial charge in [0.25, 0.3) is 5.91 Å². The molecule has 0 saturated carbocycles. The van der Waals surface area contributed by atoms with E-state index >= 15 is 0 Å². The van der Waals surface area contributed by atoms with Crippen LogP contribution in [-0.4, -0.2) is 31.6 Å². The number of carbonyl (C=O) groups excluding carboxylic acids is 1. The predicted octanol–water partition coefficient (Wildman–Crippen LogP) is 3.90. The Morgan fingerprint density at radius 1 is 1.09 bits per heavy atom. The highest BCUT2D eigenvalue weighted by Gasteiger charge is 2.18. The van der Waals surface area contributed by atoms with Gasteiger partial charge in [0.2, 0.25) is 0 Å². The van der Waals surface area contributed by atoms with Crippen LogP contribution in [-0.2, 0) is 4.79 Å². The van der Waals surface area contributed by atoms with Crippen molar-refractivity contribution < 1.29 is 14.3 Å². The number of benzene rings is 2. The molecule has 5 heteroatoms. The lowest BCUT2D eigenvalue weighted by molar-refractivity contribution is -0.134. The Kier molecular flexibility index (Phi) is 6.27. The van der Waals surface area contributed by atoms with E-state index in [1.54, 1.807) is 19.1 Å². The zero-order chi connectivity index (χ0) is 16.8. The number of hydrogen-bond acceptors (Lipinski definition) is 3. The summed E-state index contributed by atoms with van der Waals surface area (Å²) in [6.45, 7) is 2.02. The van der Waals surface area contributed by atoms with E-state index in [1.807, 2.05) is 55.5 Å². The third kappa shape index (κ3) is 4.86. The molecule has 122 valence electrons. The lowest BCUT2D eigenvalue weighted by atomic mass is 10.1. The number of ether oxygens (including phenoxy) is 2. The second-order valence-electron chi connectivity index (χ2n) is 5.20. The van der Waals surface area contributed by atoms with Crippen molar-refractivity contribution in [3.63, 3.8) is 0 Å². The number of likely N-dealkylation sites (N-methyl/N-ethyl adjacent to an activating group) is 1. The number of rotatable bonds is 6. The minimum Gasteiger partial charge on any atom is -0.497 e. The first-order valence-electron chi connectivity index (χ1n) is 7.29. The summed E-state index contributed by atoms with van der Waals surface area (Å²) in [6, 6.07) is 15.3. The first-order valence-corrected chi connectivity index (χ1v) is 8.37. The Hall–Kier alpha value is -1.76. The van der Waals surface area contributed by atoms with Crippen molar-refractivity contribution in [3.8, 4) is 11.5 Å². The molecule has 2 rings (SSSR count). The van der Waals surface area contributed by atoms with Crippen molar-refractivity contribution >= 4 is 28.5 Å². The van der Waals surface area contributed by atoms with E-state index < -0.39 is 0 Å². The first kappa shape index (κ1) is 17.6. The van der Waals surface area contributed by atoms with Gasteiger partial charge in [-0.3, -0.25) is 4.79 Å². The van der Waals surface area contributed by atoms with Crippen LogP contribution in [0, 0.1) is 3.57 Å². The van der Waals surface area contributed by atoms with Crippen LogP contribution in [0.15, 0.2) is 48.5 Å². The molecule has 0 fully saturated rings. The molecule has 23 heavy (non-hydrogen) atoms. The lowest BCUT2D eigenvalue weighted by Gasteiger charge is -2.25. The molecule has 2 aromatic carbocycles. The Bertz CT molecular complexity index is 640. The van der Waals surface area contributed by atoms with Gasteiger partial charge in [0.15, 0.2) is 6.61 Å². The van der Waals surface area contributed by atoms with Gasteiger partial charge in [-0.15, -0.1) is 0 Å². The zero-order valence-corrected chi connectivity index (χ0v) is 15.6. The maximum absolute atomic E-state index is 12.3. The highest BCUT2D eigenvalue weighted by atomic mass is 127. The fraction of sp³-hybridized carbons (Fsp3) is 0.278. The summed E-state index contributed by atoms with van der Waals surface area (Å²) in [7, 11) is 3.42. The fourth-order valence-corrected chi connectivity index (χ4v) is 2.46. The smallest absolute Gasteiger partial charge is 0.260 e. The summed E-state index contributed by atoms with van der Waals surface area (Å²) in [5, 5.41) is 0. The minimum atomic E-state index is -0.0631. The SMILES string of the molecule is COc1ccc(C(C)N(C)C(=O)COc2ccc(I)cc2)cc1. The van der Waals surface area contributed by atoms with Crippen molar-refractivity contribution in [1.29, 1.82) is 0 Å². The maximum Gasteiger partial charge on any atom is 0.260 e. The van der Waals surface area contributed by atoms with Crippen LogP contribution in [0.2, 0.25) is 0 Å². The van der Waals surface area contributed by atoms with E-state index in [1.165, 1.54) is 0 Å². The molecular weight excluding hydrogens is 405 g/mol. The van der Waals surface area contributed by atoms with Gasteiger partial charge in [-0.25, -0.2) is 0 Å². The van der Waals surface area contributed by atoms with E-state index in [2.05, 4.69) is 22.6 Å². The molecular formula is C18H20INO3. The molecule has 0 spiro atoms. The molecule has 0 saturated heterocycles. The normalized spacial score (nSPS) is 11.7. The van der Waals surface area contributed by atoms with Gasteiger partial charge in [0.05, 0.1) is 13.2 Å². The summed E-state index contributed by atoms with van der Waals surface area (Å²) in [5.74, 6) is 1.44. The average Bonchev–Trinajstić information content (AvgIpc) is 2.59. The van der Waals surface area contributed by atoms with Crippen LogP contribution >= 0.6 is 22.6 Å². The van der Waals surface area contributed by atoms with E-state index in [-0.39, 0.29) is 18.6 Å². The van der Waals surface area contributed by atoms with Crippen molar-refractivity contribution in [1.82, 2.24) is 4.90 Å². The topological polar surface area (TPSA) is 38.8 Å². The standard InChI is InChI=1S/C18H20INO3/c1-13(14-4-8-16(22-3)9-5-14)20(2)18(21)12-23-17-10-6-15(19)7-11-17/h4-11,13H,12H2,1-3H3. The van der Waals surface area contributed by atoms with Gasteiger partial charge in [-0.05, 0) is 71.5 Å². The zero-order valence-electron chi connectivity index (χ0n) is 13.5. The molecule has 0 heterocycles. The number of amides is 1. The van der Waals surface area contributed by atoms with E-state index in [0.29, 0.717) is 5.75 Å². The average molecular weight is 425 g/mol. The van der Waals surface area contributed by atoms with Crippen LogP contribution in [0.4, 0.5) is 0 Å². The number of halogens is 1. The molecule has 0 aliphatic carbocycles. The lowest BCUT2D eigenvalue weighted by Crippen LogP contribution is -2.33. The second kappa shape index (κ2) is 8.19. The van der Waals surface area contributed by atoms with Crippen molar-refractivity contribution in [2.24, 2.45) is 0 Å². The second-order valence-corrected chi connectivity index (χ2v) is 6.44. The third-order valence-electron chi connectivity index (χ3n) is 3.75. The molecule has 1 unspecified atom stereocenters. The van der Waals surface area contributed by atoms with Gasteiger partial charge in [0.1, 0.15) is 11.5 Å². The van der Waals surface area contributed by atoms with Gasteiger partial charge in [-0.2, -0.15) is 0 Å². The molecule has 0 bridgehead atoms. The largest absolute Gasteiger partial charge is 0.497 e. The van der Waals surface area contributed by atoms with Crippen LogP contribution in [0.5, 0.6) is 11.5 Å². The summed E-state index contributed by atoms with van der Waals surface area (Å²) in [5.41, 5.74) is 1.05. The molecule has 0 aliphatic heterocycles. The van der Waals surface area contributed by atoms with Gasteiger partial charge in [0, 0.05) is 10.6 Å². The Balaban J connectivity index is 1.93. The predicted molar refractivity (Wildman–Crippen MR) is 98.8 cm³/mol. The molecule has 0 aromatic heterocycles. The van der Waals surface area contributed by atoms with Crippen molar-refractivity contribution in [2.45, 2.75) is 13.0 Å². The van der Waals surface area contributed by atoms with Crippen LogP contribution in [0.3, 0.4) is 0 Å². The molecule has 1 atom stereocenters. The van der Waals surface area contributed by atoms with Crippen LogP contribution in [0.1, 0.15) is 18.5 Å². The van der Waals surface area contributed by atoms with Gasteiger partial charge < -0.3 is 14.4 Å². The number of nitrogens with zero attached hydrogens (tertiary/aromatic N) is 1. The highest BCUT2D eigenvalue weighted by Crippen LogP contribution is 2.22. The molecule has 0 N–H and O–H groups in total. The number of hydrogen-bond donors (Lipinski definition) is 0.